The Balaban J connectivity index is 1.51. The summed E-state index contributed by atoms with van der Waals surface area (Å²) in [6, 6.07) is 17.9. The fraction of sp³-hybridized carbons (Fsp3) is 0.348. The Bertz CT molecular complexity index is 965. The van der Waals surface area contributed by atoms with Crippen molar-refractivity contribution in [2.24, 2.45) is 5.73 Å². The van der Waals surface area contributed by atoms with Crippen LogP contribution in [-0.2, 0) is 18.8 Å². The number of rotatable bonds is 8. The minimum atomic E-state index is -0.404. The van der Waals surface area contributed by atoms with E-state index < -0.39 is 5.91 Å². The molecule has 1 amide bonds. The van der Waals surface area contributed by atoms with Crippen molar-refractivity contribution in [2.45, 2.75) is 43.3 Å². The predicted molar refractivity (Wildman–Crippen MR) is 119 cm³/mol. The number of benzene rings is 2. The molecular formula is C23H27N5OS. The van der Waals surface area contributed by atoms with E-state index in [4.69, 9.17) is 5.73 Å². The van der Waals surface area contributed by atoms with E-state index in [0.29, 0.717) is 5.56 Å². The number of carbonyl (C=O) groups is 1. The molecule has 1 aliphatic heterocycles. The Morgan fingerprint density at radius 1 is 0.900 bits per heavy atom. The predicted octanol–water partition coefficient (Wildman–Crippen LogP) is 3.70. The molecule has 4 rings (SSSR count). The van der Waals surface area contributed by atoms with Crippen LogP contribution in [-0.4, -0.2) is 38.7 Å². The van der Waals surface area contributed by atoms with Crippen molar-refractivity contribution in [2.75, 3.05) is 13.1 Å². The lowest BCUT2D eigenvalue weighted by molar-refractivity contribution is 0.100. The molecule has 0 unspecified atom stereocenters. The van der Waals surface area contributed by atoms with Gasteiger partial charge in [0.1, 0.15) is 5.82 Å². The summed E-state index contributed by atoms with van der Waals surface area (Å²) < 4.78 is 2.24. The first-order chi connectivity index (χ1) is 14.7. The zero-order valence-electron chi connectivity index (χ0n) is 17.0. The molecule has 6 nitrogen and oxygen atoms in total. The Labute approximate surface area is 181 Å². The molecule has 0 atom stereocenters. The van der Waals surface area contributed by atoms with Crippen LogP contribution in [0.4, 0.5) is 0 Å². The van der Waals surface area contributed by atoms with Crippen molar-refractivity contribution in [3.8, 4) is 0 Å². The van der Waals surface area contributed by atoms with E-state index in [9.17, 15) is 4.79 Å². The molecule has 0 aliphatic carbocycles. The average Bonchev–Trinajstić information content (AvgIpc) is 3.15. The summed E-state index contributed by atoms with van der Waals surface area (Å²) in [4.78, 5) is 13.7. The molecule has 30 heavy (non-hydrogen) atoms. The summed E-state index contributed by atoms with van der Waals surface area (Å²) in [5, 5.41) is 9.98. The van der Waals surface area contributed by atoms with Crippen molar-refractivity contribution < 1.29 is 4.79 Å². The van der Waals surface area contributed by atoms with Gasteiger partial charge in [0.05, 0.1) is 13.1 Å². The molecule has 7 heteroatoms. The van der Waals surface area contributed by atoms with E-state index in [1.807, 2.05) is 18.2 Å². The van der Waals surface area contributed by atoms with E-state index in [0.717, 1.165) is 48.5 Å². The fourth-order valence-electron chi connectivity index (χ4n) is 3.70. The summed E-state index contributed by atoms with van der Waals surface area (Å²) >= 11 is 1.67. The van der Waals surface area contributed by atoms with Gasteiger partial charge in [-0.15, -0.1) is 10.2 Å². The van der Waals surface area contributed by atoms with Gasteiger partial charge < -0.3 is 10.3 Å². The van der Waals surface area contributed by atoms with Crippen LogP contribution in [0.3, 0.4) is 0 Å². The molecule has 1 saturated heterocycles. The van der Waals surface area contributed by atoms with Gasteiger partial charge in [-0.1, -0.05) is 60.6 Å². The van der Waals surface area contributed by atoms with Gasteiger partial charge in [0.2, 0.25) is 5.91 Å². The maximum atomic E-state index is 11.3. The number of likely N-dealkylation sites (tertiary alicyclic amines) is 1. The normalized spacial score (nSPS) is 14.7. The third-order valence-electron chi connectivity index (χ3n) is 5.40. The number of amides is 1. The van der Waals surface area contributed by atoms with Crippen LogP contribution in [0.2, 0.25) is 0 Å². The Kier molecular flexibility index (Phi) is 6.81. The van der Waals surface area contributed by atoms with E-state index in [1.165, 1.54) is 24.8 Å². The lowest BCUT2D eigenvalue weighted by atomic mass is 10.1. The first kappa shape index (κ1) is 20.6. The minimum Gasteiger partial charge on any atom is -0.366 e. The van der Waals surface area contributed by atoms with Crippen LogP contribution in [0.15, 0.2) is 59.8 Å². The zero-order valence-corrected chi connectivity index (χ0v) is 17.9. The van der Waals surface area contributed by atoms with Crippen molar-refractivity contribution in [1.82, 2.24) is 19.7 Å². The van der Waals surface area contributed by atoms with Crippen LogP contribution in [0.25, 0.3) is 0 Å². The smallest absolute Gasteiger partial charge is 0.248 e. The molecule has 1 aliphatic rings. The number of nitrogens with two attached hydrogens (primary N) is 1. The number of primary amides is 1. The molecule has 3 aromatic rings. The molecule has 156 valence electrons. The van der Waals surface area contributed by atoms with Gasteiger partial charge in [0.25, 0.3) is 0 Å². The summed E-state index contributed by atoms with van der Waals surface area (Å²) in [5.74, 6) is 1.38. The van der Waals surface area contributed by atoms with Gasteiger partial charge in [-0.25, -0.2) is 0 Å². The largest absolute Gasteiger partial charge is 0.366 e. The molecule has 1 fully saturated rings. The number of carbonyl (C=O) groups excluding carboxylic acids is 1. The first-order valence-corrected chi connectivity index (χ1v) is 11.4. The highest BCUT2D eigenvalue weighted by atomic mass is 32.2. The lowest BCUT2D eigenvalue weighted by Gasteiger charge is -2.26. The second-order valence-corrected chi connectivity index (χ2v) is 8.60. The van der Waals surface area contributed by atoms with Gasteiger partial charge in [-0.3, -0.25) is 9.69 Å². The summed E-state index contributed by atoms with van der Waals surface area (Å²) in [5.41, 5.74) is 8.22. The lowest BCUT2D eigenvalue weighted by Crippen LogP contribution is -2.30. The quantitative estimate of drug-likeness (QED) is 0.561. The van der Waals surface area contributed by atoms with E-state index >= 15 is 0 Å². The molecule has 2 N–H and O–H groups in total. The van der Waals surface area contributed by atoms with Crippen LogP contribution < -0.4 is 5.73 Å². The number of thioether (sulfide) groups is 1. The highest BCUT2D eigenvalue weighted by molar-refractivity contribution is 7.98. The Hall–Kier alpha value is -2.64. The second-order valence-electron chi connectivity index (χ2n) is 7.66. The van der Waals surface area contributed by atoms with Gasteiger partial charge in [-0.2, -0.15) is 0 Å². The topological polar surface area (TPSA) is 77.0 Å². The molecule has 0 radical (unpaired) electrons. The number of nitrogens with zero attached hydrogens (tertiary/aromatic N) is 4. The number of piperidine rings is 1. The van der Waals surface area contributed by atoms with Crippen LogP contribution in [0.1, 0.15) is 46.6 Å². The first-order valence-electron chi connectivity index (χ1n) is 10.4. The van der Waals surface area contributed by atoms with Gasteiger partial charge in [0, 0.05) is 11.3 Å². The summed E-state index contributed by atoms with van der Waals surface area (Å²) in [7, 11) is 0. The maximum Gasteiger partial charge on any atom is 0.248 e. The van der Waals surface area contributed by atoms with Crippen LogP contribution in [0, 0.1) is 0 Å². The number of hydrogen-bond acceptors (Lipinski definition) is 5. The van der Waals surface area contributed by atoms with Crippen LogP contribution >= 0.6 is 11.8 Å². The van der Waals surface area contributed by atoms with Crippen molar-refractivity contribution >= 4 is 17.7 Å². The average molecular weight is 422 g/mol. The molecule has 2 aromatic carbocycles. The van der Waals surface area contributed by atoms with E-state index in [1.54, 1.807) is 23.9 Å². The molecule has 0 spiro atoms. The fourth-order valence-corrected chi connectivity index (χ4v) is 4.61. The van der Waals surface area contributed by atoms with Crippen LogP contribution in [0.5, 0.6) is 0 Å². The zero-order chi connectivity index (χ0) is 20.8. The highest BCUT2D eigenvalue weighted by Crippen LogP contribution is 2.24. The second kappa shape index (κ2) is 9.91. The molecule has 2 heterocycles. The van der Waals surface area contributed by atoms with E-state index in [2.05, 4.69) is 43.9 Å². The standard InChI is InChI=1S/C23H27N5OS/c24-22(29)20-11-9-19(10-12-20)17-30-23-26-25-21(16-27-13-5-2-6-14-27)28(23)15-18-7-3-1-4-8-18/h1,3-4,7-12H,2,5-6,13-17H2,(H2,24,29). The Morgan fingerprint density at radius 2 is 1.63 bits per heavy atom. The molecule has 0 saturated carbocycles. The molecule has 1 aromatic heterocycles. The third kappa shape index (κ3) is 5.29. The molecular weight excluding hydrogens is 394 g/mol. The van der Waals surface area contributed by atoms with Gasteiger partial charge in [0.15, 0.2) is 5.16 Å². The Morgan fingerprint density at radius 3 is 2.33 bits per heavy atom. The number of aromatic nitrogens is 3. The minimum absolute atomic E-state index is 0.404. The summed E-state index contributed by atoms with van der Waals surface area (Å²) in [6.45, 7) is 3.87. The highest BCUT2D eigenvalue weighted by Gasteiger charge is 2.18. The third-order valence-corrected chi connectivity index (χ3v) is 6.43. The monoisotopic (exact) mass is 421 g/mol. The maximum absolute atomic E-state index is 11.3. The van der Waals surface area contributed by atoms with Crippen molar-refractivity contribution in [3.63, 3.8) is 0 Å². The van der Waals surface area contributed by atoms with Gasteiger partial charge in [-0.05, 0) is 49.2 Å². The molecule has 0 bridgehead atoms. The summed E-state index contributed by atoms with van der Waals surface area (Å²) in [6.07, 6.45) is 3.84. The van der Waals surface area contributed by atoms with Crippen molar-refractivity contribution in [3.05, 3.63) is 77.1 Å². The van der Waals surface area contributed by atoms with Gasteiger partial charge >= 0.3 is 0 Å². The van der Waals surface area contributed by atoms with Crippen molar-refractivity contribution in [1.29, 1.82) is 0 Å². The number of hydrogen-bond donors (Lipinski definition) is 1. The van der Waals surface area contributed by atoms with E-state index in [-0.39, 0.29) is 0 Å². The SMILES string of the molecule is NC(=O)c1ccc(CSc2nnc(CN3CCCCC3)n2Cc2ccccc2)cc1.